The molecule has 0 aliphatic carbocycles. The van der Waals surface area contributed by atoms with Gasteiger partial charge >= 0.3 is 0 Å². The molecule has 0 saturated carbocycles. The van der Waals surface area contributed by atoms with E-state index >= 15 is 0 Å². The summed E-state index contributed by atoms with van der Waals surface area (Å²) in [7, 11) is 0. The molecule has 0 aromatic rings. The number of ether oxygens (including phenoxy) is 2. The third-order valence-electron chi connectivity index (χ3n) is 1.88. The first-order chi connectivity index (χ1) is 7.20. The molecule has 0 aliphatic heterocycles. The molecule has 0 rings (SSSR count). The van der Waals surface area contributed by atoms with Crippen LogP contribution in [0.2, 0.25) is 0 Å². The molecule has 0 fully saturated rings. The lowest BCUT2D eigenvalue weighted by Crippen LogP contribution is -2.19. The van der Waals surface area contributed by atoms with Crippen molar-refractivity contribution in [1.82, 2.24) is 0 Å². The van der Waals surface area contributed by atoms with Gasteiger partial charge in [-0.2, -0.15) is 0 Å². The molecule has 0 bridgehead atoms. The van der Waals surface area contributed by atoms with Gasteiger partial charge in [0.25, 0.3) is 0 Å². The highest BCUT2D eigenvalue weighted by atomic mass is 16.6. The minimum atomic E-state index is -0.622. The van der Waals surface area contributed by atoms with Crippen LogP contribution in [0.5, 0.6) is 0 Å². The van der Waals surface area contributed by atoms with Gasteiger partial charge in [0.1, 0.15) is 13.6 Å². The summed E-state index contributed by atoms with van der Waals surface area (Å²) < 4.78 is 9.21. The fourth-order valence-corrected chi connectivity index (χ4v) is 1.13. The fraction of sp³-hybridized carbons (Fsp3) is 1.00. The van der Waals surface area contributed by atoms with E-state index in [4.69, 9.17) is 10.2 Å². The monoisotopic (exact) mass is 224 g/mol. The molecule has 0 aromatic carbocycles. The molecule has 2 unspecified atom stereocenters. The van der Waals surface area contributed by atoms with E-state index in [0.29, 0.717) is 19.3 Å². The van der Waals surface area contributed by atoms with Crippen molar-refractivity contribution in [1.29, 1.82) is 0 Å². The first kappa shape index (κ1) is 14.8. The van der Waals surface area contributed by atoms with Crippen molar-refractivity contribution in [2.24, 2.45) is 0 Å². The average molecular weight is 224 g/mol. The van der Waals surface area contributed by atoms with Crippen molar-refractivity contribution in [2.75, 3.05) is 26.8 Å². The predicted octanol–water partition coefficient (Wildman–Crippen LogP) is -1.19. The Balaban J connectivity index is 3.27. The summed E-state index contributed by atoms with van der Waals surface area (Å²) in [6, 6.07) is 0. The van der Waals surface area contributed by atoms with E-state index in [0.717, 1.165) is 0 Å². The van der Waals surface area contributed by atoms with Crippen LogP contribution >= 0.6 is 0 Å². The summed E-state index contributed by atoms with van der Waals surface area (Å²) in [4.78, 5) is 0. The summed E-state index contributed by atoms with van der Waals surface area (Å²) in [5, 5.41) is 35.2. The lowest BCUT2D eigenvalue weighted by Gasteiger charge is -2.12. The highest BCUT2D eigenvalue weighted by Crippen LogP contribution is 2.05. The number of rotatable bonds is 10. The van der Waals surface area contributed by atoms with Crippen molar-refractivity contribution in [3.8, 4) is 0 Å². The highest BCUT2D eigenvalue weighted by Gasteiger charge is 2.07. The molecule has 0 amide bonds. The Labute approximate surface area is 89.1 Å². The van der Waals surface area contributed by atoms with Crippen LogP contribution in [0.3, 0.4) is 0 Å². The lowest BCUT2D eigenvalue weighted by molar-refractivity contribution is -0.0503. The fourth-order valence-electron chi connectivity index (χ4n) is 1.13. The van der Waals surface area contributed by atoms with Gasteiger partial charge in [-0.3, -0.25) is 0 Å². The van der Waals surface area contributed by atoms with Gasteiger partial charge in [0.05, 0.1) is 25.4 Å². The van der Waals surface area contributed by atoms with Gasteiger partial charge in [-0.1, -0.05) is 0 Å². The Morgan fingerprint density at radius 3 is 1.53 bits per heavy atom. The van der Waals surface area contributed by atoms with Crippen LogP contribution in [0.15, 0.2) is 0 Å². The Bertz CT molecular complexity index is 118. The van der Waals surface area contributed by atoms with Crippen molar-refractivity contribution in [3.05, 3.63) is 0 Å². The quantitative estimate of drug-likeness (QED) is 0.348. The van der Waals surface area contributed by atoms with Crippen LogP contribution in [0.1, 0.15) is 19.3 Å². The second-order valence-corrected chi connectivity index (χ2v) is 3.24. The van der Waals surface area contributed by atoms with E-state index < -0.39 is 25.8 Å². The number of aliphatic hydroxyl groups is 4. The molecular formula is C9H20O6. The Morgan fingerprint density at radius 2 is 1.20 bits per heavy atom. The van der Waals surface area contributed by atoms with Crippen LogP contribution in [0.4, 0.5) is 0 Å². The first-order valence-electron chi connectivity index (χ1n) is 4.94. The van der Waals surface area contributed by atoms with Gasteiger partial charge < -0.3 is 29.9 Å². The average Bonchev–Trinajstić information content (AvgIpc) is 2.23. The normalized spacial score (nSPS) is 15.2. The molecule has 92 valence electrons. The molecule has 2 atom stereocenters. The number of hydrogen-bond acceptors (Lipinski definition) is 6. The maximum absolute atomic E-state index is 9.28. The maximum atomic E-state index is 9.28. The zero-order chi connectivity index (χ0) is 11.5. The minimum Gasteiger partial charge on any atom is -0.391 e. The molecule has 0 spiro atoms. The molecular weight excluding hydrogens is 204 g/mol. The van der Waals surface area contributed by atoms with Gasteiger partial charge in [-0.25, -0.2) is 0 Å². The summed E-state index contributed by atoms with van der Waals surface area (Å²) >= 11 is 0. The van der Waals surface area contributed by atoms with Gasteiger partial charge in [-0.15, -0.1) is 0 Å². The second-order valence-electron chi connectivity index (χ2n) is 3.24. The SMILES string of the molecule is OCOCC(O)CCCC(O)COCO. The largest absolute Gasteiger partial charge is 0.391 e. The van der Waals surface area contributed by atoms with E-state index in [9.17, 15) is 10.2 Å². The predicted molar refractivity (Wildman–Crippen MR) is 51.9 cm³/mol. The Hall–Kier alpha value is -0.240. The van der Waals surface area contributed by atoms with Gasteiger partial charge in [0, 0.05) is 0 Å². The van der Waals surface area contributed by atoms with Crippen LogP contribution in [-0.2, 0) is 9.47 Å². The van der Waals surface area contributed by atoms with E-state index in [2.05, 4.69) is 9.47 Å². The third-order valence-corrected chi connectivity index (χ3v) is 1.88. The molecule has 0 radical (unpaired) electrons. The molecule has 0 aliphatic rings. The van der Waals surface area contributed by atoms with E-state index in [1.165, 1.54) is 0 Å². The lowest BCUT2D eigenvalue weighted by atomic mass is 10.1. The molecule has 15 heavy (non-hydrogen) atoms. The maximum Gasteiger partial charge on any atom is 0.143 e. The van der Waals surface area contributed by atoms with Crippen molar-refractivity contribution in [2.45, 2.75) is 31.5 Å². The van der Waals surface area contributed by atoms with Crippen LogP contribution < -0.4 is 0 Å². The Kier molecular flexibility index (Phi) is 10.1. The smallest absolute Gasteiger partial charge is 0.143 e. The standard InChI is InChI=1S/C9H20O6/c10-6-14-4-8(12)2-1-3-9(13)5-15-7-11/h8-13H,1-7H2. The Morgan fingerprint density at radius 1 is 0.800 bits per heavy atom. The van der Waals surface area contributed by atoms with Gasteiger partial charge in [0.2, 0.25) is 0 Å². The van der Waals surface area contributed by atoms with Gasteiger partial charge in [0.15, 0.2) is 0 Å². The second kappa shape index (κ2) is 10.3. The van der Waals surface area contributed by atoms with Crippen molar-refractivity contribution >= 4 is 0 Å². The number of aliphatic hydroxyl groups excluding tert-OH is 4. The third kappa shape index (κ3) is 10.1. The zero-order valence-corrected chi connectivity index (χ0v) is 8.71. The topological polar surface area (TPSA) is 99.4 Å². The van der Waals surface area contributed by atoms with E-state index in [1.807, 2.05) is 0 Å². The molecule has 6 heteroatoms. The number of hydrogen-bond donors (Lipinski definition) is 4. The van der Waals surface area contributed by atoms with Crippen LogP contribution in [0, 0.1) is 0 Å². The van der Waals surface area contributed by atoms with Crippen LogP contribution in [-0.4, -0.2) is 59.4 Å². The summed E-state index contributed by atoms with van der Waals surface area (Å²) in [6.07, 6.45) is 0.379. The highest BCUT2D eigenvalue weighted by molar-refractivity contribution is 4.58. The van der Waals surface area contributed by atoms with Crippen molar-refractivity contribution < 1.29 is 29.9 Å². The zero-order valence-electron chi connectivity index (χ0n) is 8.71. The van der Waals surface area contributed by atoms with Crippen LogP contribution in [0.25, 0.3) is 0 Å². The first-order valence-corrected chi connectivity index (χ1v) is 4.94. The molecule has 4 N–H and O–H groups in total. The van der Waals surface area contributed by atoms with Gasteiger partial charge in [-0.05, 0) is 19.3 Å². The molecule has 0 aromatic heterocycles. The molecule has 0 heterocycles. The van der Waals surface area contributed by atoms with E-state index in [-0.39, 0.29) is 13.2 Å². The summed E-state index contributed by atoms with van der Waals surface area (Å²) in [6.45, 7) is -0.604. The summed E-state index contributed by atoms with van der Waals surface area (Å²) in [5.41, 5.74) is 0. The van der Waals surface area contributed by atoms with Crippen molar-refractivity contribution in [3.63, 3.8) is 0 Å². The summed E-state index contributed by atoms with van der Waals surface area (Å²) in [5.74, 6) is 0. The molecule has 0 saturated heterocycles. The van der Waals surface area contributed by atoms with E-state index in [1.54, 1.807) is 0 Å². The molecule has 6 nitrogen and oxygen atoms in total. The minimum absolute atomic E-state index is 0.0970.